The minimum Gasteiger partial charge on any atom is -0.203 e. The van der Waals surface area contributed by atoms with Gasteiger partial charge in [0.15, 0.2) is 17.5 Å². The SMILES string of the molecule is N#Cc1[c]c(F)c(F)c(F)c1C#N. The summed E-state index contributed by atoms with van der Waals surface area (Å²) in [5.41, 5.74) is -1.47. The van der Waals surface area contributed by atoms with Gasteiger partial charge in [-0.1, -0.05) is 0 Å². The highest BCUT2D eigenvalue weighted by atomic mass is 19.2. The van der Waals surface area contributed by atoms with Crippen LogP contribution in [-0.4, -0.2) is 0 Å². The van der Waals surface area contributed by atoms with Gasteiger partial charge in [0.2, 0.25) is 0 Å². The van der Waals surface area contributed by atoms with Crippen LogP contribution in [0.1, 0.15) is 11.1 Å². The average Bonchev–Trinajstić information content (AvgIpc) is 2.13. The normalized spacial score (nSPS) is 9.00. The Balaban J connectivity index is 3.63. The van der Waals surface area contributed by atoms with Crippen molar-refractivity contribution in [2.75, 3.05) is 0 Å². The molecule has 0 spiro atoms. The summed E-state index contributed by atoms with van der Waals surface area (Å²) in [5, 5.41) is 16.6. The van der Waals surface area contributed by atoms with Crippen LogP contribution < -0.4 is 0 Å². The maximum Gasteiger partial charge on any atom is 0.196 e. The second kappa shape index (κ2) is 3.16. The number of nitrogens with zero attached hydrogens (tertiary/aromatic N) is 2. The first-order valence-electron chi connectivity index (χ1n) is 3.01. The Morgan fingerprint density at radius 3 is 2.08 bits per heavy atom. The van der Waals surface area contributed by atoms with Gasteiger partial charge >= 0.3 is 0 Å². The first-order chi connectivity index (χ1) is 6.11. The van der Waals surface area contributed by atoms with Crippen LogP contribution in [0.5, 0.6) is 0 Å². The molecule has 0 aliphatic rings. The molecule has 0 unspecified atom stereocenters. The lowest BCUT2D eigenvalue weighted by Crippen LogP contribution is -1.98. The summed E-state index contributed by atoms with van der Waals surface area (Å²) in [7, 11) is 0. The van der Waals surface area contributed by atoms with Gasteiger partial charge in [0.05, 0.1) is 5.56 Å². The lowest BCUT2D eigenvalue weighted by molar-refractivity contribution is 0.444. The molecule has 0 amide bonds. The number of hydrogen-bond acceptors (Lipinski definition) is 2. The fourth-order valence-corrected chi connectivity index (χ4v) is 0.732. The molecule has 0 saturated heterocycles. The molecule has 0 bridgehead atoms. The summed E-state index contributed by atoms with van der Waals surface area (Å²) in [4.78, 5) is 0. The second-order valence-corrected chi connectivity index (χ2v) is 2.04. The van der Waals surface area contributed by atoms with E-state index in [1.807, 2.05) is 0 Å². The van der Waals surface area contributed by atoms with Gasteiger partial charge in [-0.3, -0.25) is 0 Å². The van der Waals surface area contributed by atoms with Crippen molar-refractivity contribution in [2.45, 2.75) is 0 Å². The number of rotatable bonds is 0. The summed E-state index contributed by atoms with van der Waals surface area (Å²) in [6, 6.07) is 4.20. The van der Waals surface area contributed by atoms with E-state index in [0.717, 1.165) is 0 Å². The van der Waals surface area contributed by atoms with E-state index in [4.69, 9.17) is 10.5 Å². The van der Waals surface area contributed by atoms with Gasteiger partial charge < -0.3 is 0 Å². The average molecular weight is 181 g/mol. The lowest BCUT2D eigenvalue weighted by atomic mass is 10.1. The first-order valence-corrected chi connectivity index (χ1v) is 3.01. The van der Waals surface area contributed by atoms with E-state index >= 15 is 0 Å². The highest BCUT2D eigenvalue weighted by Gasteiger charge is 2.18. The predicted molar refractivity (Wildman–Crippen MR) is 34.6 cm³/mol. The molecule has 2 nitrogen and oxygen atoms in total. The summed E-state index contributed by atoms with van der Waals surface area (Å²) in [5.74, 6) is -5.06. The molecule has 0 fully saturated rings. The Kier molecular flexibility index (Phi) is 2.21. The molecular weight excluding hydrogens is 181 g/mol. The van der Waals surface area contributed by atoms with Crippen molar-refractivity contribution in [2.24, 2.45) is 0 Å². The van der Waals surface area contributed by atoms with E-state index < -0.39 is 28.6 Å². The number of hydrogen-bond donors (Lipinski definition) is 0. The Morgan fingerprint density at radius 2 is 1.62 bits per heavy atom. The number of halogens is 3. The summed E-state index contributed by atoms with van der Waals surface area (Å²) < 4.78 is 37.6. The van der Waals surface area contributed by atoms with Crippen LogP contribution in [0.4, 0.5) is 13.2 Å². The Bertz CT molecular complexity index is 440. The monoisotopic (exact) mass is 181 g/mol. The molecule has 1 aromatic carbocycles. The van der Waals surface area contributed by atoms with Crippen LogP contribution in [0.15, 0.2) is 0 Å². The van der Waals surface area contributed by atoms with Crippen LogP contribution in [0, 0.1) is 46.2 Å². The van der Waals surface area contributed by atoms with Crippen molar-refractivity contribution in [1.82, 2.24) is 0 Å². The molecule has 1 aromatic rings. The third-order valence-electron chi connectivity index (χ3n) is 1.31. The third kappa shape index (κ3) is 1.32. The van der Waals surface area contributed by atoms with E-state index in [0.29, 0.717) is 0 Å². The minimum absolute atomic E-state index is 0.640. The van der Waals surface area contributed by atoms with Gasteiger partial charge in [0.1, 0.15) is 17.7 Å². The van der Waals surface area contributed by atoms with E-state index in [2.05, 4.69) is 0 Å². The van der Waals surface area contributed by atoms with Crippen LogP contribution in [-0.2, 0) is 0 Å². The number of benzene rings is 1. The number of nitriles is 2. The summed E-state index contributed by atoms with van der Waals surface area (Å²) >= 11 is 0. The van der Waals surface area contributed by atoms with Gasteiger partial charge in [0.25, 0.3) is 0 Å². The molecule has 0 aliphatic heterocycles. The van der Waals surface area contributed by atoms with E-state index in [1.54, 1.807) is 6.07 Å². The van der Waals surface area contributed by atoms with E-state index in [9.17, 15) is 13.2 Å². The molecule has 0 atom stereocenters. The molecule has 0 aliphatic carbocycles. The maximum atomic E-state index is 12.7. The van der Waals surface area contributed by atoms with Crippen molar-refractivity contribution in [3.05, 3.63) is 34.6 Å². The van der Waals surface area contributed by atoms with Crippen molar-refractivity contribution in [3.63, 3.8) is 0 Å². The van der Waals surface area contributed by atoms with Crippen molar-refractivity contribution in [1.29, 1.82) is 10.5 Å². The standard InChI is InChI=1S/C8F3N2/c9-6-1-4(2-12)5(3-13)7(10)8(6)11. The zero-order chi connectivity index (χ0) is 10.0. The Labute approximate surface area is 71.4 Å². The maximum absolute atomic E-state index is 12.7. The first kappa shape index (κ1) is 9.08. The largest absolute Gasteiger partial charge is 0.203 e. The molecule has 5 heteroatoms. The van der Waals surface area contributed by atoms with E-state index in [1.165, 1.54) is 12.1 Å². The molecule has 1 radical (unpaired) electrons. The fraction of sp³-hybridized carbons (Fsp3) is 0. The van der Waals surface area contributed by atoms with Gasteiger partial charge in [-0.05, 0) is 0 Å². The Morgan fingerprint density at radius 1 is 1.00 bits per heavy atom. The fourth-order valence-electron chi connectivity index (χ4n) is 0.732. The van der Waals surface area contributed by atoms with Crippen molar-refractivity contribution in [3.8, 4) is 12.1 Å². The van der Waals surface area contributed by atoms with Crippen LogP contribution in [0.3, 0.4) is 0 Å². The molecule has 0 heterocycles. The van der Waals surface area contributed by atoms with Gasteiger partial charge in [-0.15, -0.1) is 0 Å². The van der Waals surface area contributed by atoms with Gasteiger partial charge in [-0.2, -0.15) is 10.5 Å². The summed E-state index contributed by atoms with van der Waals surface area (Å²) in [6.07, 6.45) is 0. The van der Waals surface area contributed by atoms with Crippen LogP contribution >= 0.6 is 0 Å². The molecule has 0 aromatic heterocycles. The van der Waals surface area contributed by atoms with Crippen molar-refractivity contribution >= 4 is 0 Å². The lowest BCUT2D eigenvalue weighted by Gasteiger charge is -1.97. The van der Waals surface area contributed by atoms with Gasteiger partial charge in [0, 0.05) is 6.07 Å². The predicted octanol–water partition coefficient (Wildman–Crippen LogP) is 1.65. The highest BCUT2D eigenvalue weighted by molar-refractivity contribution is 5.46. The molecular formula is C8F3N2. The Hall–Kier alpha value is -2.01. The summed E-state index contributed by atoms with van der Waals surface area (Å²) in [6.45, 7) is 0. The zero-order valence-electron chi connectivity index (χ0n) is 6.03. The molecule has 13 heavy (non-hydrogen) atoms. The zero-order valence-corrected chi connectivity index (χ0v) is 6.03. The van der Waals surface area contributed by atoms with Crippen LogP contribution in [0.25, 0.3) is 0 Å². The minimum atomic E-state index is -1.80. The topological polar surface area (TPSA) is 47.6 Å². The third-order valence-corrected chi connectivity index (χ3v) is 1.31. The van der Waals surface area contributed by atoms with Gasteiger partial charge in [-0.25, -0.2) is 13.2 Å². The molecule has 1 rings (SSSR count). The van der Waals surface area contributed by atoms with Crippen molar-refractivity contribution < 1.29 is 13.2 Å². The smallest absolute Gasteiger partial charge is 0.196 e. The van der Waals surface area contributed by atoms with E-state index in [-0.39, 0.29) is 0 Å². The van der Waals surface area contributed by atoms with Crippen LogP contribution in [0.2, 0.25) is 0 Å². The molecule has 0 N–H and O–H groups in total. The molecule has 63 valence electrons. The second-order valence-electron chi connectivity index (χ2n) is 2.04. The quantitative estimate of drug-likeness (QED) is 0.571. The molecule has 0 saturated carbocycles. The highest BCUT2D eigenvalue weighted by Crippen LogP contribution is 2.17.